The van der Waals surface area contributed by atoms with Crippen molar-refractivity contribution < 1.29 is 13.7 Å². The van der Waals surface area contributed by atoms with Gasteiger partial charge in [-0.25, -0.2) is 0 Å². The fourth-order valence-corrected chi connectivity index (χ4v) is 1.74. The van der Waals surface area contributed by atoms with E-state index in [9.17, 15) is 9.00 Å². The molecule has 1 N–H and O–H groups in total. The van der Waals surface area contributed by atoms with E-state index in [0.717, 1.165) is 6.42 Å². The Morgan fingerprint density at radius 1 is 1.47 bits per heavy atom. The lowest BCUT2D eigenvalue weighted by Gasteiger charge is -2.14. The molecule has 0 radical (unpaired) electrons. The average molecular weight is 235 g/mol. The van der Waals surface area contributed by atoms with Gasteiger partial charge < -0.3 is 10.1 Å². The molecule has 5 heteroatoms. The van der Waals surface area contributed by atoms with Crippen LogP contribution in [0.1, 0.15) is 26.7 Å². The van der Waals surface area contributed by atoms with E-state index in [-0.39, 0.29) is 12.0 Å². The van der Waals surface area contributed by atoms with Crippen LogP contribution in [0.4, 0.5) is 0 Å². The third-order valence-corrected chi connectivity index (χ3v) is 2.84. The molecule has 0 aliphatic heterocycles. The van der Waals surface area contributed by atoms with E-state index < -0.39 is 10.8 Å². The van der Waals surface area contributed by atoms with Crippen LogP contribution in [-0.2, 0) is 20.3 Å². The Morgan fingerprint density at radius 2 is 2.13 bits per heavy atom. The molecule has 0 fully saturated rings. The summed E-state index contributed by atoms with van der Waals surface area (Å²) in [4.78, 5) is 11.4. The summed E-state index contributed by atoms with van der Waals surface area (Å²) in [6.07, 6.45) is 3.22. The third kappa shape index (κ3) is 7.50. The van der Waals surface area contributed by atoms with Gasteiger partial charge in [-0.05, 0) is 26.3 Å². The molecule has 0 spiro atoms. The summed E-state index contributed by atoms with van der Waals surface area (Å²) < 4.78 is 15.7. The molecule has 4 nitrogen and oxygen atoms in total. The second-order valence-corrected chi connectivity index (χ2v) is 4.85. The van der Waals surface area contributed by atoms with Gasteiger partial charge in [-0.2, -0.15) is 0 Å². The number of hydrogen-bond donors (Lipinski definition) is 1. The van der Waals surface area contributed by atoms with Crippen LogP contribution < -0.4 is 5.32 Å². The fourth-order valence-electron chi connectivity index (χ4n) is 1.19. The Hall–Kier alpha value is -0.420. The molecule has 0 saturated heterocycles. The van der Waals surface area contributed by atoms with Crippen LogP contribution in [0.3, 0.4) is 0 Å². The zero-order valence-corrected chi connectivity index (χ0v) is 10.6. The van der Waals surface area contributed by atoms with Crippen molar-refractivity contribution in [2.45, 2.75) is 32.7 Å². The largest absolute Gasteiger partial charge is 0.465 e. The summed E-state index contributed by atoms with van der Waals surface area (Å²) in [5.41, 5.74) is 0. The molecular formula is C10H21NO3S. The van der Waals surface area contributed by atoms with E-state index in [0.29, 0.717) is 25.3 Å². The van der Waals surface area contributed by atoms with Gasteiger partial charge in [-0.15, -0.1) is 0 Å². The van der Waals surface area contributed by atoms with Crippen molar-refractivity contribution in [1.82, 2.24) is 5.32 Å². The Labute approximate surface area is 94.2 Å². The van der Waals surface area contributed by atoms with Crippen molar-refractivity contribution >= 4 is 16.8 Å². The van der Waals surface area contributed by atoms with E-state index in [2.05, 4.69) is 5.32 Å². The summed E-state index contributed by atoms with van der Waals surface area (Å²) in [6, 6.07) is -0.227. The van der Waals surface area contributed by atoms with Crippen LogP contribution >= 0.6 is 0 Å². The van der Waals surface area contributed by atoms with Crippen LogP contribution in [0.2, 0.25) is 0 Å². The normalized spacial score (nSPS) is 14.6. The monoisotopic (exact) mass is 235 g/mol. The first-order valence-corrected chi connectivity index (χ1v) is 7.04. The van der Waals surface area contributed by atoms with Crippen molar-refractivity contribution in [3.05, 3.63) is 0 Å². The fraction of sp³-hybridized carbons (Fsp3) is 0.900. The molecular weight excluding hydrogens is 214 g/mol. The zero-order chi connectivity index (χ0) is 11.7. The van der Waals surface area contributed by atoms with Crippen LogP contribution in [-0.4, -0.2) is 41.4 Å². The molecule has 0 amide bonds. The minimum absolute atomic E-state index is 0.197. The lowest BCUT2D eigenvalue weighted by Crippen LogP contribution is -2.38. The molecule has 0 heterocycles. The van der Waals surface area contributed by atoms with Crippen LogP contribution in [0.5, 0.6) is 0 Å². The van der Waals surface area contributed by atoms with Gasteiger partial charge in [0.25, 0.3) is 0 Å². The zero-order valence-electron chi connectivity index (χ0n) is 9.75. The van der Waals surface area contributed by atoms with E-state index in [1.165, 1.54) is 0 Å². The summed E-state index contributed by atoms with van der Waals surface area (Å²) in [5, 5.41) is 3.10. The van der Waals surface area contributed by atoms with Gasteiger partial charge in [-0.3, -0.25) is 9.00 Å². The first-order valence-electron chi connectivity index (χ1n) is 5.31. The highest BCUT2D eigenvalue weighted by atomic mass is 32.2. The number of nitrogens with one attached hydrogen (secondary N) is 1. The van der Waals surface area contributed by atoms with Crippen LogP contribution in [0.15, 0.2) is 0 Å². The molecule has 0 aliphatic rings. The maximum atomic E-state index is 11.4. The van der Waals surface area contributed by atoms with Gasteiger partial charge in [0.1, 0.15) is 6.04 Å². The maximum absolute atomic E-state index is 11.4. The Morgan fingerprint density at radius 3 is 2.60 bits per heavy atom. The number of carbonyl (C=O) groups excluding carboxylic acids is 1. The SMILES string of the molecule is CCOC(=O)C(CC)NCCCS(C)=O. The van der Waals surface area contributed by atoms with Crippen molar-refractivity contribution in [3.63, 3.8) is 0 Å². The van der Waals surface area contributed by atoms with Crippen LogP contribution in [0, 0.1) is 0 Å². The minimum atomic E-state index is -0.753. The van der Waals surface area contributed by atoms with Crippen LogP contribution in [0.25, 0.3) is 0 Å². The quantitative estimate of drug-likeness (QED) is 0.497. The molecule has 2 unspecified atom stereocenters. The van der Waals surface area contributed by atoms with Crippen molar-refractivity contribution in [3.8, 4) is 0 Å². The third-order valence-electron chi connectivity index (χ3n) is 1.98. The lowest BCUT2D eigenvalue weighted by atomic mass is 10.2. The first kappa shape index (κ1) is 14.6. The van der Waals surface area contributed by atoms with Gasteiger partial charge >= 0.3 is 5.97 Å². The molecule has 0 aliphatic carbocycles. The van der Waals surface area contributed by atoms with E-state index in [4.69, 9.17) is 4.74 Å². The molecule has 0 aromatic rings. The Kier molecular flexibility index (Phi) is 8.61. The van der Waals surface area contributed by atoms with Crippen molar-refractivity contribution in [2.75, 3.05) is 25.2 Å². The highest BCUT2D eigenvalue weighted by Gasteiger charge is 2.15. The first-order chi connectivity index (χ1) is 7.11. The van der Waals surface area contributed by atoms with Gasteiger partial charge in [-0.1, -0.05) is 6.92 Å². The minimum Gasteiger partial charge on any atom is -0.465 e. The molecule has 0 aromatic heterocycles. The van der Waals surface area contributed by atoms with Crippen molar-refractivity contribution in [1.29, 1.82) is 0 Å². The lowest BCUT2D eigenvalue weighted by molar-refractivity contribution is -0.145. The highest BCUT2D eigenvalue weighted by molar-refractivity contribution is 7.84. The molecule has 0 saturated carbocycles. The number of esters is 1. The predicted octanol–water partition coefficient (Wildman–Crippen LogP) is 0.686. The number of hydrogen-bond acceptors (Lipinski definition) is 4. The van der Waals surface area contributed by atoms with E-state index in [1.807, 2.05) is 6.92 Å². The molecule has 0 rings (SSSR count). The number of rotatable bonds is 8. The summed E-state index contributed by atoms with van der Waals surface area (Å²) in [6.45, 7) is 4.85. The summed E-state index contributed by atoms with van der Waals surface area (Å²) in [5.74, 6) is 0.476. The standard InChI is InChI=1S/C10H21NO3S/c1-4-9(10(12)14-5-2)11-7-6-8-15(3)13/h9,11H,4-8H2,1-3H3. The molecule has 0 bridgehead atoms. The number of ether oxygens (including phenoxy) is 1. The second-order valence-electron chi connectivity index (χ2n) is 3.30. The van der Waals surface area contributed by atoms with Gasteiger partial charge in [0.15, 0.2) is 0 Å². The predicted molar refractivity (Wildman–Crippen MR) is 62.3 cm³/mol. The Bertz CT molecular complexity index is 209. The second kappa shape index (κ2) is 8.85. The van der Waals surface area contributed by atoms with Gasteiger partial charge in [0.2, 0.25) is 0 Å². The van der Waals surface area contributed by atoms with Gasteiger partial charge in [0, 0.05) is 22.8 Å². The highest BCUT2D eigenvalue weighted by Crippen LogP contribution is 1.95. The summed E-state index contributed by atoms with van der Waals surface area (Å²) >= 11 is 0. The average Bonchev–Trinajstić information content (AvgIpc) is 2.17. The number of carbonyl (C=O) groups is 1. The summed E-state index contributed by atoms with van der Waals surface area (Å²) in [7, 11) is -0.753. The van der Waals surface area contributed by atoms with Crippen molar-refractivity contribution in [2.24, 2.45) is 0 Å². The molecule has 15 heavy (non-hydrogen) atoms. The van der Waals surface area contributed by atoms with E-state index in [1.54, 1.807) is 13.2 Å². The topological polar surface area (TPSA) is 55.4 Å². The Balaban J connectivity index is 3.70. The molecule has 2 atom stereocenters. The maximum Gasteiger partial charge on any atom is 0.323 e. The van der Waals surface area contributed by atoms with E-state index >= 15 is 0 Å². The van der Waals surface area contributed by atoms with Gasteiger partial charge in [0.05, 0.1) is 6.61 Å². The molecule has 0 aromatic carbocycles. The smallest absolute Gasteiger partial charge is 0.323 e. The molecule has 90 valence electrons.